The zero-order valence-corrected chi connectivity index (χ0v) is 14.5. The molecule has 120 valence electrons. The van der Waals surface area contributed by atoms with Crippen molar-refractivity contribution in [1.29, 1.82) is 0 Å². The van der Waals surface area contributed by atoms with Gasteiger partial charge in [-0.3, -0.25) is 0 Å². The maximum Gasteiger partial charge on any atom is -0.0383 e. The molecule has 0 aliphatic heterocycles. The first-order valence-electron chi connectivity index (χ1n) is 9.88. The minimum absolute atomic E-state index is 1.14. The van der Waals surface area contributed by atoms with Gasteiger partial charge in [-0.1, -0.05) is 110 Å². The van der Waals surface area contributed by atoms with Crippen molar-refractivity contribution < 1.29 is 0 Å². The molecule has 1 rings (SSSR count). The van der Waals surface area contributed by atoms with E-state index in [1.54, 1.807) is 19.3 Å². The Kier molecular flexibility index (Phi) is 11.5. The Morgan fingerprint density at radius 1 is 0.500 bits per heavy atom. The molecule has 0 aromatic heterocycles. The molecule has 0 aromatic carbocycles. The van der Waals surface area contributed by atoms with E-state index >= 15 is 0 Å². The highest BCUT2D eigenvalue weighted by Gasteiger charge is 2.34. The van der Waals surface area contributed by atoms with E-state index in [-0.39, 0.29) is 0 Å². The van der Waals surface area contributed by atoms with Crippen LogP contribution in [-0.4, -0.2) is 0 Å². The van der Waals surface area contributed by atoms with E-state index < -0.39 is 0 Å². The van der Waals surface area contributed by atoms with Crippen molar-refractivity contribution in [3.8, 4) is 0 Å². The minimum atomic E-state index is 1.14. The van der Waals surface area contributed by atoms with E-state index in [2.05, 4.69) is 13.8 Å². The van der Waals surface area contributed by atoms with Crippen LogP contribution in [0.3, 0.4) is 0 Å². The van der Waals surface area contributed by atoms with Crippen molar-refractivity contribution in [2.45, 2.75) is 117 Å². The highest BCUT2D eigenvalue weighted by atomic mass is 14.4. The Morgan fingerprint density at radius 3 is 1.30 bits per heavy atom. The molecule has 0 heterocycles. The summed E-state index contributed by atoms with van der Waals surface area (Å²) in [5.74, 6) is 2.28. The molecule has 0 bridgehead atoms. The quantitative estimate of drug-likeness (QED) is 0.272. The van der Waals surface area contributed by atoms with Crippen molar-refractivity contribution in [2.75, 3.05) is 0 Å². The molecule has 0 amide bonds. The van der Waals surface area contributed by atoms with Crippen LogP contribution in [-0.2, 0) is 0 Å². The van der Waals surface area contributed by atoms with E-state index in [0.29, 0.717) is 0 Å². The van der Waals surface area contributed by atoms with Gasteiger partial charge in [-0.25, -0.2) is 0 Å². The van der Waals surface area contributed by atoms with Gasteiger partial charge in [0, 0.05) is 0 Å². The zero-order chi connectivity index (χ0) is 14.5. The number of hydrogen-bond donors (Lipinski definition) is 0. The summed E-state index contributed by atoms with van der Waals surface area (Å²) < 4.78 is 0. The molecule has 1 aliphatic carbocycles. The lowest BCUT2D eigenvalue weighted by atomic mass is 10.0. The summed E-state index contributed by atoms with van der Waals surface area (Å²) in [7, 11) is 0. The van der Waals surface area contributed by atoms with Crippen LogP contribution in [0.4, 0.5) is 0 Å². The van der Waals surface area contributed by atoms with Crippen LogP contribution in [0.25, 0.3) is 0 Å². The fourth-order valence-corrected chi connectivity index (χ4v) is 3.57. The second kappa shape index (κ2) is 12.7. The third-order valence-corrected chi connectivity index (χ3v) is 5.18. The number of rotatable bonds is 15. The van der Waals surface area contributed by atoms with Gasteiger partial charge >= 0.3 is 0 Å². The summed E-state index contributed by atoms with van der Waals surface area (Å²) in [6.07, 6.45) is 23.8. The maximum absolute atomic E-state index is 2.31. The highest BCUT2D eigenvalue weighted by Crippen LogP contribution is 2.45. The molecule has 2 atom stereocenters. The van der Waals surface area contributed by atoms with Crippen molar-refractivity contribution in [2.24, 2.45) is 11.8 Å². The van der Waals surface area contributed by atoms with Gasteiger partial charge in [0.25, 0.3) is 0 Å². The van der Waals surface area contributed by atoms with Gasteiger partial charge in [0.15, 0.2) is 0 Å². The van der Waals surface area contributed by atoms with Crippen molar-refractivity contribution in [3.05, 3.63) is 0 Å². The molecule has 0 heteroatoms. The van der Waals surface area contributed by atoms with Crippen molar-refractivity contribution in [1.82, 2.24) is 0 Å². The SMILES string of the molecule is CCCCCCCCCCCC1CC1CCCCCC. The van der Waals surface area contributed by atoms with Crippen LogP contribution in [0.5, 0.6) is 0 Å². The summed E-state index contributed by atoms with van der Waals surface area (Å²) in [5, 5.41) is 0. The average molecular weight is 281 g/mol. The highest BCUT2D eigenvalue weighted by molar-refractivity contribution is 4.85. The van der Waals surface area contributed by atoms with Gasteiger partial charge in [-0.2, -0.15) is 0 Å². The Hall–Kier alpha value is 0. The fourth-order valence-electron chi connectivity index (χ4n) is 3.57. The molecule has 1 fully saturated rings. The molecule has 0 radical (unpaired) electrons. The first kappa shape index (κ1) is 18.1. The lowest BCUT2D eigenvalue weighted by Crippen LogP contribution is -1.86. The maximum atomic E-state index is 2.31. The molecule has 0 saturated heterocycles. The largest absolute Gasteiger partial charge is 0.0654 e. The number of unbranched alkanes of at least 4 members (excludes halogenated alkanes) is 11. The van der Waals surface area contributed by atoms with Crippen LogP contribution in [0.2, 0.25) is 0 Å². The smallest absolute Gasteiger partial charge is 0.0383 e. The lowest BCUT2D eigenvalue weighted by molar-refractivity contribution is 0.514. The molecule has 1 aliphatic rings. The summed E-state index contributed by atoms with van der Waals surface area (Å²) in [6.45, 7) is 4.61. The van der Waals surface area contributed by atoms with E-state index in [9.17, 15) is 0 Å². The van der Waals surface area contributed by atoms with E-state index in [0.717, 1.165) is 11.8 Å². The van der Waals surface area contributed by atoms with Gasteiger partial charge in [-0.05, 0) is 18.3 Å². The van der Waals surface area contributed by atoms with Crippen molar-refractivity contribution >= 4 is 0 Å². The first-order valence-corrected chi connectivity index (χ1v) is 9.88. The first-order chi connectivity index (χ1) is 9.88. The predicted molar refractivity (Wildman–Crippen MR) is 92.2 cm³/mol. The van der Waals surface area contributed by atoms with Gasteiger partial charge in [-0.15, -0.1) is 0 Å². The second-order valence-electron chi connectivity index (χ2n) is 7.22. The van der Waals surface area contributed by atoms with Crippen LogP contribution in [0, 0.1) is 11.8 Å². The summed E-state index contributed by atoms with van der Waals surface area (Å²) in [6, 6.07) is 0. The Balaban J connectivity index is 1.73. The van der Waals surface area contributed by atoms with Gasteiger partial charge in [0.2, 0.25) is 0 Å². The monoisotopic (exact) mass is 280 g/mol. The van der Waals surface area contributed by atoms with Crippen molar-refractivity contribution in [3.63, 3.8) is 0 Å². The van der Waals surface area contributed by atoms with Gasteiger partial charge < -0.3 is 0 Å². The standard InChI is InChI=1S/C20H40/c1-3-5-7-9-10-11-12-13-15-17-20-18-19(20)16-14-8-6-4-2/h19-20H,3-18H2,1-2H3. The van der Waals surface area contributed by atoms with Crippen LogP contribution >= 0.6 is 0 Å². The van der Waals surface area contributed by atoms with Gasteiger partial charge in [0.1, 0.15) is 0 Å². The minimum Gasteiger partial charge on any atom is -0.0654 e. The normalized spacial score (nSPS) is 21.3. The Bertz CT molecular complexity index is 196. The second-order valence-corrected chi connectivity index (χ2v) is 7.22. The third-order valence-electron chi connectivity index (χ3n) is 5.18. The zero-order valence-electron chi connectivity index (χ0n) is 14.5. The molecular formula is C20H40. The molecule has 0 aromatic rings. The van der Waals surface area contributed by atoms with Crippen LogP contribution in [0.1, 0.15) is 117 Å². The fraction of sp³-hybridized carbons (Fsp3) is 1.00. The van der Waals surface area contributed by atoms with Gasteiger partial charge in [0.05, 0.1) is 0 Å². The van der Waals surface area contributed by atoms with E-state index in [4.69, 9.17) is 0 Å². The summed E-state index contributed by atoms with van der Waals surface area (Å²) in [5.41, 5.74) is 0. The molecule has 0 nitrogen and oxygen atoms in total. The Morgan fingerprint density at radius 2 is 0.850 bits per heavy atom. The number of hydrogen-bond acceptors (Lipinski definition) is 0. The average Bonchev–Trinajstić information content (AvgIpc) is 3.20. The van der Waals surface area contributed by atoms with Crippen LogP contribution < -0.4 is 0 Å². The molecule has 20 heavy (non-hydrogen) atoms. The lowest BCUT2D eigenvalue weighted by Gasteiger charge is -2.03. The molecule has 0 spiro atoms. The molecule has 2 unspecified atom stereocenters. The third kappa shape index (κ3) is 9.83. The molecule has 0 N–H and O–H groups in total. The summed E-state index contributed by atoms with van der Waals surface area (Å²) in [4.78, 5) is 0. The molecular weight excluding hydrogens is 240 g/mol. The summed E-state index contributed by atoms with van der Waals surface area (Å²) >= 11 is 0. The predicted octanol–water partition coefficient (Wildman–Crippen LogP) is 7.51. The Labute approximate surface area is 129 Å². The van der Waals surface area contributed by atoms with Crippen LogP contribution in [0.15, 0.2) is 0 Å². The van der Waals surface area contributed by atoms with E-state index in [1.807, 2.05) is 0 Å². The van der Waals surface area contributed by atoms with E-state index in [1.165, 1.54) is 83.5 Å². The topological polar surface area (TPSA) is 0 Å². The molecule has 1 saturated carbocycles.